The van der Waals surface area contributed by atoms with E-state index in [9.17, 15) is 9.59 Å². The Bertz CT molecular complexity index is 989. The number of aromatic nitrogens is 2. The summed E-state index contributed by atoms with van der Waals surface area (Å²) >= 11 is 0. The Hall–Kier alpha value is -2.83. The molecular formula is C24H32N4O3. The molecule has 0 bridgehead atoms. The van der Waals surface area contributed by atoms with E-state index in [0.717, 1.165) is 54.2 Å². The molecule has 7 heteroatoms. The van der Waals surface area contributed by atoms with E-state index in [-0.39, 0.29) is 11.8 Å². The normalized spacial score (nSPS) is 17.3. The molecule has 1 unspecified atom stereocenters. The summed E-state index contributed by atoms with van der Waals surface area (Å²) in [5, 5.41) is 0. The minimum atomic E-state index is -0.564. The number of rotatable bonds is 4. The fourth-order valence-electron chi connectivity index (χ4n) is 4.51. The zero-order valence-electron chi connectivity index (χ0n) is 19.0. The van der Waals surface area contributed by atoms with Gasteiger partial charge < -0.3 is 19.1 Å². The van der Waals surface area contributed by atoms with E-state index >= 15 is 0 Å². The molecule has 0 N–H and O–H groups in total. The van der Waals surface area contributed by atoms with Crippen LogP contribution in [0.25, 0.3) is 0 Å². The van der Waals surface area contributed by atoms with Crippen molar-refractivity contribution < 1.29 is 14.3 Å². The van der Waals surface area contributed by atoms with Crippen LogP contribution in [-0.2, 0) is 17.8 Å². The molecule has 2 amide bonds. The number of hydrogen-bond donors (Lipinski definition) is 0. The lowest BCUT2D eigenvalue weighted by Gasteiger charge is -2.35. The Morgan fingerprint density at radius 2 is 1.71 bits per heavy atom. The molecule has 0 aliphatic carbocycles. The van der Waals surface area contributed by atoms with Crippen LogP contribution in [0, 0.1) is 20.8 Å². The monoisotopic (exact) mass is 424 g/mol. The lowest BCUT2D eigenvalue weighted by molar-refractivity contribution is -0.139. The van der Waals surface area contributed by atoms with Crippen LogP contribution in [0.1, 0.15) is 52.9 Å². The summed E-state index contributed by atoms with van der Waals surface area (Å²) in [5.74, 6) is 1.62. The number of carbonyl (C=O) groups is 2. The standard InChI is InChI=1S/C24H32N4O3/c1-16-8-9-17(2)21(15-16)31-18(3)23(29)26-11-13-27(14-12-26)24(30)22-20-7-5-6-10-28(20)19(4)25-22/h8-9,15,18H,5-7,10-14H2,1-4H3. The predicted octanol–water partition coefficient (Wildman–Crippen LogP) is 2.90. The first-order chi connectivity index (χ1) is 14.8. The van der Waals surface area contributed by atoms with E-state index in [0.29, 0.717) is 31.9 Å². The van der Waals surface area contributed by atoms with Gasteiger partial charge in [-0.3, -0.25) is 9.59 Å². The molecule has 1 saturated heterocycles. The molecule has 31 heavy (non-hydrogen) atoms. The van der Waals surface area contributed by atoms with Gasteiger partial charge in [0.2, 0.25) is 0 Å². The zero-order valence-corrected chi connectivity index (χ0v) is 19.0. The number of piperazine rings is 1. The van der Waals surface area contributed by atoms with Crippen LogP contribution in [0.15, 0.2) is 18.2 Å². The maximum absolute atomic E-state index is 13.1. The van der Waals surface area contributed by atoms with E-state index in [1.807, 2.05) is 43.9 Å². The maximum atomic E-state index is 13.1. The number of aryl methyl sites for hydroxylation is 3. The molecule has 4 rings (SSSR count). The summed E-state index contributed by atoms with van der Waals surface area (Å²) in [7, 11) is 0. The quantitative estimate of drug-likeness (QED) is 0.757. The van der Waals surface area contributed by atoms with Crippen molar-refractivity contribution in [2.75, 3.05) is 26.2 Å². The first-order valence-corrected chi connectivity index (χ1v) is 11.2. The molecule has 2 aliphatic heterocycles. The first kappa shape index (κ1) is 21.4. The van der Waals surface area contributed by atoms with E-state index in [2.05, 4.69) is 9.55 Å². The highest BCUT2D eigenvalue weighted by atomic mass is 16.5. The average Bonchev–Trinajstić information content (AvgIpc) is 3.12. The van der Waals surface area contributed by atoms with Crippen molar-refractivity contribution in [1.29, 1.82) is 0 Å². The Morgan fingerprint density at radius 3 is 2.45 bits per heavy atom. The summed E-state index contributed by atoms with van der Waals surface area (Å²) in [6.45, 7) is 10.8. The summed E-state index contributed by atoms with van der Waals surface area (Å²) in [6, 6.07) is 6.00. The van der Waals surface area contributed by atoms with E-state index in [1.54, 1.807) is 11.8 Å². The molecule has 2 aliphatic rings. The molecule has 0 spiro atoms. The molecule has 0 saturated carbocycles. The van der Waals surface area contributed by atoms with Crippen molar-refractivity contribution in [3.63, 3.8) is 0 Å². The molecule has 7 nitrogen and oxygen atoms in total. The molecule has 1 atom stereocenters. The SMILES string of the molecule is Cc1ccc(C)c(OC(C)C(=O)N2CCN(C(=O)c3nc(C)n4c3CCCC4)CC2)c1. The van der Waals surface area contributed by atoms with Crippen LogP contribution in [0.5, 0.6) is 5.75 Å². The molecule has 1 aromatic carbocycles. The second-order valence-corrected chi connectivity index (χ2v) is 8.71. The van der Waals surface area contributed by atoms with Crippen molar-refractivity contribution >= 4 is 11.8 Å². The number of ether oxygens (including phenoxy) is 1. The number of imidazole rings is 1. The minimum absolute atomic E-state index is 0.00877. The third-order valence-corrected chi connectivity index (χ3v) is 6.38. The van der Waals surface area contributed by atoms with Crippen LogP contribution in [0.3, 0.4) is 0 Å². The van der Waals surface area contributed by atoms with E-state index in [1.165, 1.54) is 0 Å². The van der Waals surface area contributed by atoms with Gasteiger partial charge in [-0.1, -0.05) is 12.1 Å². The second kappa shape index (κ2) is 8.73. The molecule has 3 heterocycles. The summed E-state index contributed by atoms with van der Waals surface area (Å²) in [6.07, 6.45) is 2.59. The Morgan fingerprint density at radius 1 is 1.00 bits per heavy atom. The number of nitrogens with zero attached hydrogens (tertiary/aromatic N) is 4. The van der Waals surface area contributed by atoms with Crippen molar-refractivity contribution in [3.05, 3.63) is 46.5 Å². The summed E-state index contributed by atoms with van der Waals surface area (Å²) in [5.41, 5.74) is 3.79. The van der Waals surface area contributed by atoms with Crippen molar-refractivity contribution in [1.82, 2.24) is 19.4 Å². The van der Waals surface area contributed by atoms with Gasteiger partial charge in [-0.2, -0.15) is 0 Å². The number of amides is 2. The second-order valence-electron chi connectivity index (χ2n) is 8.71. The van der Waals surface area contributed by atoms with Crippen LogP contribution in [0.2, 0.25) is 0 Å². The Kier molecular flexibility index (Phi) is 6.03. The number of carbonyl (C=O) groups excluding carboxylic acids is 2. The summed E-state index contributed by atoms with van der Waals surface area (Å²) < 4.78 is 8.15. The van der Waals surface area contributed by atoms with Gasteiger partial charge in [-0.25, -0.2) is 4.98 Å². The molecular weight excluding hydrogens is 392 g/mol. The molecule has 166 valence electrons. The van der Waals surface area contributed by atoms with Crippen LogP contribution in [-0.4, -0.2) is 63.4 Å². The lowest BCUT2D eigenvalue weighted by atomic mass is 10.1. The van der Waals surface area contributed by atoms with Gasteiger partial charge in [0.25, 0.3) is 11.8 Å². The minimum Gasteiger partial charge on any atom is -0.481 e. The number of benzene rings is 1. The Balaban J connectivity index is 1.36. The molecule has 2 aromatic rings. The molecule has 0 radical (unpaired) electrons. The maximum Gasteiger partial charge on any atom is 0.274 e. The van der Waals surface area contributed by atoms with Crippen molar-refractivity contribution in [2.24, 2.45) is 0 Å². The topological polar surface area (TPSA) is 67.7 Å². The fourth-order valence-corrected chi connectivity index (χ4v) is 4.51. The molecule has 1 fully saturated rings. The van der Waals surface area contributed by atoms with E-state index < -0.39 is 6.10 Å². The van der Waals surface area contributed by atoms with Crippen molar-refractivity contribution in [2.45, 2.75) is 59.6 Å². The van der Waals surface area contributed by atoms with Gasteiger partial charge in [0, 0.05) is 32.7 Å². The first-order valence-electron chi connectivity index (χ1n) is 11.2. The highest BCUT2D eigenvalue weighted by molar-refractivity contribution is 5.94. The molecule has 1 aromatic heterocycles. The van der Waals surface area contributed by atoms with Crippen molar-refractivity contribution in [3.8, 4) is 5.75 Å². The Labute approximate surface area is 184 Å². The highest BCUT2D eigenvalue weighted by Gasteiger charge is 2.31. The van der Waals surface area contributed by atoms with Gasteiger partial charge in [-0.15, -0.1) is 0 Å². The number of hydrogen-bond acceptors (Lipinski definition) is 4. The van der Waals surface area contributed by atoms with Gasteiger partial charge in [-0.05, 0) is 64.2 Å². The van der Waals surface area contributed by atoms with Gasteiger partial charge in [0.05, 0.1) is 5.69 Å². The largest absolute Gasteiger partial charge is 0.481 e. The smallest absolute Gasteiger partial charge is 0.274 e. The zero-order chi connectivity index (χ0) is 22.1. The van der Waals surface area contributed by atoms with E-state index in [4.69, 9.17) is 4.74 Å². The van der Waals surface area contributed by atoms with Gasteiger partial charge in [0.15, 0.2) is 6.10 Å². The van der Waals surface area contributed by atoms with Gasteiger partial charge in [0.1, 0.15) is 17.3 Å². The highest BCUT2D eigenvalue weighted by Crippen LogP contribution is 2.23. The predicted molar refractivity (Wildman–Crippen MR) is 118 cm³/mol. The fraction of sp³-hybridized carbons (Fsp3) is 0.542. The third-order valence-electron chi connectivity index (χ3n) is 6.38. The van der Waals surface area contributed by atoms with Crippen LogP contribution in [0.4, 0.5) is 0 Å². The van der Waals surface area contributed by atoms with Crippen LogP contribution >= 0.6 is 0 Å². The third kappa shape index (κ3) is 4.31. The number of fused-ring (bicyclic) bond motifs is 1. The van der Waals surface area contributed by atoms with Crippen LogP contribution < -0.4 is 4.74 Å². The summed E-state index contributed by atoms with van der Waals surface area (Å²) in [4.78, 5) is 34.3. The lowest BCUT2D eigenvalue weighted by Crippen LogP contribution is -2.53. The average molecular weight is 425 g/mol. The van der Waals surface area contributed by atoms with Gasteiger partial charge >= 0.3 is 0 Å².